The zero-order valence-corrected chi connectivity index (χ0v) is 13.0. The number of rotatable bonds is 9. The molecule has 0 N–H and O–H groups in total. The summed E-state index contributed by atoms with van der Waals surface area (Å²) in [5, 5.41) is 0. The van der Waals surface area contributed by atoms with Crippen LogP contribution in [0.15, 0.2) is 0 Å². The van der Waals surface area contributed by atoms with Crippen LogP contribution >= 0.6 is 0 Å². The van der Waals surface area contributed by atoms with E-state index in [0.29, 0.717) is 5.78 Å². The molecule has 0 atom stereocenters. The first-order valence-corrected chi connectivity index (χ1v) is 8.33. The third kappa shape index (κ3) is 5.64. The molecule has 0 aromatic rings. The van der Waals surface area contributed by atoms with Crippen LogP contribution in [-0.2, 0) is 9.53 Å². The normalized spacial score (nSPS) is 19.1. The van der Waals surface area contributed by atoms with E-state index in [1.165, 1.54) is 44.9 Å². The lowest BCUT2D eigenvalue weighted by atomic mass is 9.86. The van der Waals surface area contributed by atoms with Gasteiger partial charge in [-0.1, -0.05) is 64.7 Å². The molecule has 112 valence electrons. The van der Waals surface area contributed by atoms with E-state index in [-0.39, 0.29) is 0 Å². The Morgan fingerprint density at radius 2 is 1.53 bits per heavy atom. The van der Waals surface area contributed by atoms with Crippen molar-refractivity contribution < 1.29 is 9.53 Å². The van der Waals surface area contributed by atoms with Gasteiger partial charge >= 0.3 is 0 Å². The molecule has 2 heteroatoms. The summed E-state index contributed by atoms with van der Waals surface area (Å²) < 4.78 is 5.67. The van der Waals surface area contributed by atoms with Crippen molar-refractivity contribution >= 4 is 5.78 Å². The Labute approximate surface area is 119 Å². The molecule has 0 aromatic heterocycles. The van der Waals surface area contributed by atoms with Gasteiger partial charge in [0.1, 0.15) is 5.60 Å². The number of methoxy groups -OCH3 is 1. The third-order valence-electron chi connectivity index (χ3n) is 4.57. The third-order valence-corrected chi connectivity index (χ3v) is 4.57. The zero-order valence-electron chi connectivity index (χ0n) is 13.0. The van der Waals surface area contributed by atoms with Gasteiger partial charge in [-0.05, 0) is 19.3 Å². The highest BCUT2D eigenvalue weighted by Gasteiger charge is 2.37. The van der Waals surface area contributed by atoms with E-state index in [2.05, 4.69) is 6.92 Å². The van der Waals surface area contributed by atoms with Crippen LogP contribution in [0.25, 0.3) is 0 Å². The van der Waals surface area contributed by atoms with Crippen molar-refractivity contribution in [3.8, 4) is 0 Å². The van der Waals surface area contributed by atoms with Gasteiger partial charge in [0.25, 0.3) is 0 Å². The second kappa shape index (κ2) is 9.52. The van der Waals surface area contributed by atoms with E-state index in [4.69, 9.17) is 4.74 Å². The molecule has 0 aromatic carbocycles. The summed E-state index contributed by atoms with van der Waals surface area (Å²) in [6.45, 7) is 2.23. The molecule has 1 aliphatic carbocycles. The fourth-order valence-corrected chi connectivity index (χ4v) is 3.19. The Morgan fingerprint density at radius 3 is 2.11 bits per heavy atom. The number of Topliss-reactive ketones (excluding diaryl/α,β-unsaturated/α-hetero) is 1. The maximum Gasteiger partial charge on any atom is 0.164 e. The summed E-state index contributed by atoms with van der Waals surface area (Å²) in [7, 11) is 1.73. The lowest BCUT2D eigenvalue weighted by Gasteiger charge is -2.29. The highest BCUT2D eigenvalue weighted by Crippen LogP contribution is 2.32. The standard InChI is InChI=1S/C17H32O2/c1-3-4-5-6-7-10-13-16(18)17(19-2)14-11-8-9-12-15-17/h3-15H2,1-2H3. The predicted octanol–water partition coefficient (Wildman–Crippen LogP) is 5.05. The van der Waals surface area contributed by atoms with Gasteiger partial charge in [0, 0.05) is 13.5 Å². The minimum Gasteiger partial charge on any atom is -0.370 e. The van der Waals surface area contributed by atoms with Gasteiger partial charge < -0.3 is 4.74 Å². The number of ether oxygens (including phenoxy) is 1. The maximum absolute atomic E-state index is 12.5. The summed E-state index contributed by atoms with van der Waals surface area (Å²) in [4.78, 5) is 12.5. The molecule has 1 aliphatic rings. The topological polar surface area (TPSA) is 26.3 Å². The largest absolute Gasteiger partial charge is 0.370 e. The molecule has 0 spiro atoms. The first kappa shape index (κ1) is 16.7. The van der Waals surface area contributed by atoms with Crippen LogP contribution in [0.4, 0.5) is 0 Å². The van der Waals surface area contributed by atoms with Crippen molar-refractivity contribution in [3.05, 3.63) is 0 Å². The average molecular weight is 268 g/mol. The number of carbonyl (C=O) groups excluding carboxylic acids is 1. The van der Waals surface area contributed by atoms with Gasteiger partial charge in [-0.25, -0.2) is 0 Å². The van der Waals surface area contributed by atoms with Gasteiger partial charge in [-0.2, -0.15) is 0 Å². The van der Waals surface area contributed by atoms with E-state index in [1.54, 1.807) is 7.11 Å². The molecular formula is C17H32O2. The van der Waals surface area contributed by atoms with E-state index >= 15 is 0 Å². The molecule has 0 radical (unpaired) electrons. The Morgan fingerprint density at radius 1 is 0.947 bits per heavy atom. The van der Waals surface area contributed by atoms with Crippen molar-refractivity contribution in [2.24, 2.45) is 0 Å². The molecule has 19 heavy (non-hydrogen) atoms. The molecule has 1 saturated carbocycles. The summed E-state index contributed by atoms with van der Waals surface area (Å²) in [6, 6.07) is 0. The van der Waals surface area contributed by atoms with Crippen LogP contribution in [0.5, 0.6) is 0 Å². The van der Waals surface area contributed by atoms with E-state index in [0.717, 1.165) is 38.5 Å². The molecular weight excluding hydrogens is 236 g/mol. The fourth-order valence-electron chi connectivity index (χ4n) is 3.19. The van der Waals surface area contributed by atoms with E-state index in [1.807, 2.05) is 0 Å². The van der Waals surface area contributed by atoms with Crippen LogP contribution in [0, 0.1) is 0 Å². The summed E-state index contributed by atoms with van der Waals surface area (Å²) in [6.07, 6.45) is 14.9. The molecule has 1 rings (SSSR count). The van der Waals surface area contributed by atoms with Crippen molar-refractivity contribution in [3.63, 3.8) is 0 Å². The second-order valence-electron chi connectivity index (χ2n) is 6.05. The van der Waals surface area contributed by atoms with Crippen molar-refractivity contribution in [2.75, 3.05) is 7.11 Å². The Balaban J connectivity index is 2.28. The van der Waals surface area contributed by atoms with E-state index in [9.17, 15) is 4.79 Å². The molecule has 0 aliphatic heterocycles. The highest BCUT2D eigenvalue weighted by molar-refractivity contribution is 5.87. The summed E-state index contributed by atoms with van der Waals surface area (Å²) in [5.74, 6) is 0.368. The number of carbonyl (C=O) groups is 1. The monoisotopic (exact) mass is 268 g/mol. The first-order chi connectivity index (χ1) is 9.25. The van der Waals surface area contributed by atoms with Crippen LogP contribution in [0.2, 0.25) is 0 Å². The van der Waals surface area contributed by atoms with Gasteiger partial charge in [0.15, 0.2) is 5.78 Å². The predicted molar refractivity (Wildman–Crippen MR) is 80.4 cm³/mol. The number of hydrogen-bond donors (Lipinski definition) is 0. The Bertz CT molecular complexity index is 240. The van der Waals surface area contributed by atoms with Gasteiger partial charge in [0.05, 0.1) is 0 Å². The number of ketones is 1. The van der Waals surface area contributed by atoms with Gasteiger partial charge in [-0.15, -0.1) is 0 Å². The Hall–Kier alpha value is -0.370. The lowest BCUT2D eigenvalue weighted by Crippen LogP contribution is -2.40. The summed E-state index contributed by atoms with van der Waals surface area (Å²) in [5.41, 5.74) is -0.431. The molecule has 0 bridgehead atoms. The number of unbranched alkanes of at least 4 members (excludes halogenated alkanes) is 5. The lowest BCUT2D eigenvalue weighted by molar-refractivity contribution is -0.143. The SMILES string of the molecule is CCCCCCCCC(=O)C1(OC)CCCCCC1. The molecule has 0 heterocycles. The molecule has 0 saturated heterocycles. The average Bonchev–Trinajstić information content (AvgIpc) is 2.68. The van der Waals surface area contributed by atoms with Crippen molar-refractivity contribution in [1.29, 1.82) is 0 Å². The minimum atomic E-state index is -0.431. The van der Waals surface area contributed by atoms with Crippen LogP contribution in [0.1, 0.15) is 90.4 Å². The number of hydrogen-bond acceptors (Lipinski definition) is 2. The fraction of sp³-hybridized carbons (Fsp3) is 0.941. The van der Waals surface area contributed by atoms with Crippen molar-refractivity contribution in [2.45, 2.75) is 96.0 Å². The molecule has 0 amide bonds. The highest BCUT2D eigenvalue weighted by atomic mass is 16.5. The minimum absolute atomic E-state index is 0.368. The van der Waals surface area contributed by atoms with Gasteiger partial charge in [-0.3, -0.25) is 4.79 Å². The van der Waals surface area contributed by atoms with Crippen molar-refractivity contribution in [1.82, 2.24) is 0 Å². The second-order valence-corrected chi connectivity index (χ2v) is 6.05. The van der Waals surface area contributed by atoms with Gasteiger partial charge in [0.2, 0.25) is 0 Å². The van der Waals surface area contributed by atoms with Crippen LogP contribution in [0.3, 0.4) is 0 Å². The van der Waals surface area contributed by atoms with E-state index < -0.39 is 5.60 Å². The molecule has 2 nitrogen and oxygen atoms in total. The van der Waals surface area contributed by atoms with Crippen LogP contribution in [-0.4, -0.2) is 18.5 Å². The van der Waals surface area contributed by atoms with Crippen LogP contribution < -0.4 is 0 Å². The Kier molecular flexibility index (Phi) is 8.36. The smallest absolute Gasteiger partial charge is 0.164 e. The maximum atomic E-state index is 12.5. The molecule has 0 unspecified atom stereocenters. The zero-order chi connectivity index (χ0) is 14.0. The quantitative estimate of drug-likeness (QED) is 0.432. The summed E-state index contributed by atoms with van der Waals surface area (Å²) >= 11 is 0. The molecule has 1 fully saturated rings. The first-order valence-electron chi connectivity index (χ1n) is 8.33.